The number of hydrogen-bond donors (Lipinski definition) is 1. The number of benzene rings is 1. The van der Waals surface area contributed by atoms with Crippen LogP contribution in [0.1, 0.15) is 12.6 Å². The molecule has 1 N–H and O–H groups in total. The normalized spacial score (nSPS) is 16.0. The number of nitrogens with zero attached hydrogens (tertiary/aromatic N) is 4. The zero-order valence-corrected chi connectivity index (χ0v) is 14.3. The molecule has 1 fully saturated rings. The summed E-state index contributed by atoms with van der Waals surface area (Å²) in [6.45, 7) is 9.62. The van der Waals surface area contributed by atoms with Gasteiger partial charge in [-0.2, -0.15) is 0 Å². The van der Waals surface area contributed by atoms with Crippen molar-refractivity contribution in [3.05, 3.63) is 42.1 Å². The fourth-order valence-electron chi connectivity index (χ4n) is 3.36. The third kappa shape index (κ3) is 2.76. The maximum absolute atomic E-state index is 4.94. The van der Waals surface area contributed by atoms with E-state index in [0.717, 1.165) is 66.7 Å². The predicted octanol–water partition coefficient (Wildman–Crippen LogP) is 3.08. The van der Waals surface area contributed by atoms with Crippen LogP contribution in [0.15, 0.2) is 36.4 Å². The number of anilines is 1. The Morgan fingerprint density at radius 2 is 1.79 bits per heavy atom. The van der Waals surface area contributed by atoms with Crippen molar-refractivity contribution in [1.82, 2.24) is 19.9 Å². The fourth-order valence-corrected chi connectivity index (χ4v) is 3.36. The first-order valence-corrected chi connectivity index (χ1v) is 8.64. The summed E-state index contributed by atoms with van der Waals surface area (Å²) < 4.78 is 0. The van der Waals surface area contributed by atoms with Gasteiger partial charge in [-0.1, -0.05) is 37.3 Å². The number of piperazine rings is 1. The third-order valence-electron chi connectivity index (χ3n) is 4.75. The summed E-state index contributed by atoms with van der Waals surface area (Å²) in [5, 5.41) is 1.12. The Morgan fingerprint density at radius 1 is 1.04 bits per heavy atom. The summed E-state index contributed by atoms with van der Waals surface area (Å²) in [6, 6.07) is 12.4. The van der Waals surface area contributed by atoms with E-state index in [-0.39, 0.29) is 0 Å². The van der Waals surface area contributed by atoms with Gasteiger partial charge in [0.15, 0.2) is 5.82 Å². The first-order valence-electron chi connectivity index (χ1n) is 8.64. The van der Waals surface area contributed by atoms with Crippen molar-refractivity contribution in [3.8, 4) is 11.4 Å². The lowest BCUT2D eigenvalue weighted by Gasteiger charge is -2.35. The van der Waals surface area contributed by atoms with E-state index in [1.165, 1.54) is 0 Å². The quantitative estimate of drug-likeness (QED) is 0.805. The Labute approximate surface area is 142 Å². The van der Waals surface area contributed by atoms with Gasteiger partial charge in [-0.3, -0.25) is 0 Å². The Hall–Kier alpha value is -2.40. The van der Waals surface area contributed by atoms with E-state index in [4.69, 9.17) is 9.97 Å². The minimum absolute atomic E-state index is 0.790. The second-order valence-electron chi connectivity index (χ2n) is 6.37. The summed E-state index contributed by atoms with van der Waals surface area (Å²) in [7, 11) is 0. The van der Waals surface area contributed by atoms with Crippen molar-refractivity contribution in [3.63, 3.8) is 0 Å². The van der Waals surface area contributed by atoms with Gasteiger partial charge in [0.1, 0.15) is 11.5 Å². The standard InChI is InChI=1S/C19H23N5/c1-3-23-9-11-24(12-10-23)19-16-13-14(2)20-18(16)21-17(22-19)15-7-5-4-6-8-15/h4-8,13H,3,9-12H2,1-2H3,(H,20,21,22). The first-order chi connectivity index (χ1) is 11.7. The Balaban J connectivity index is 1.78. The number of likely N-dealkylation sites (N-methyl/N-ethyl adjacent to an activating group) is 1. The summed E-state index contributed by atoms with van der Waals surface area (Å²) >= 11 is 0. The predicted molar refractivity (Wildman–Crippen MR) is 98.4 cm³/mol. The molecular formula is C19H23N5. The molecule has 0 atom stereocenters. The molecule has 0 bridgehead atoms. The molecule has 3 heterocycles. The van der Waals surface area contributed by atoms with Gasteiger partial charge in [0.2, 0.25) is 0 Å². The van der Waals surface area contributed by atoms with Gasteiger partial charge in [-0.05, 0) is 19.5 Å². The van der Waals surface area contributed by atoms with E-state index < -0.39 is 0 Å². The molecule has 0 aliphatic carbocycles. The molecule has 1 aliphatic heterocycles. The molecule has 1 aromatic carbocycles. The molecule has 0 amide bonds. The number of H-pyrrole nitrogens is 1. The lowest BCUT2D eigenvalue weighted by atomic mass is 10.2. The maximum Gasteiger partial charge on any atom is 0.163 e. The SMILES string of the molecule is CCN1CCN(c2nc(-c3ccccc3)nc3[nH]c(C)cc23)CC1. The van der Waals surface area contributed by atoms with Gasteiger partial charge < -0.3 is 14.8 Å². The van der Waals surface area contributed by atoms with Crippen molar-refractivity contribution in [2.45, 2.75) is 13.8 Å². The van der Waals surface area contributed by atoms with Crippen LogP contribution in [0, 0.1) is 6.92 Å². The third-order valence-corrected chi connectivity index (χ3v) is 4.75. The molecule has 0 spiro atoms. The van der Waals surface area contributed by atoms with Crippen LogP contribution >= 0.6 is 0 Å². The zero-order chi connectivity index (χ0) is 16.5. The van der Waals surface area contributed by atoms with Crippen LogP contribution in [0.25, 0.3) is 22.4 Å². The Morgan fingerprint density at radius 3 is 2.50 bits per heavy atom. The number of aromatic amines is 1. The summed E-state index contributed by atoms with van der Waals surface area (Å²) in [4.78, 5) is 17.9. The molecule has 24 heavy (non-hydrogen) atoms. The van der Waals surface area contributed by atoms with Crippen LogP contribution in [0.3, 0.4) is 0 Å². The minimum atomic E-state index is 0.790. The number of rotatable bonds is 3. The van der Waals surface area contributed by atoms with E-state index in [2.05, 4.69) is 46.8 Å². The number of aromatic nitrogens is 3. The second-order valence-corrected chi connectivity index (χ2v) is 6.37. The Bertz CT molecular complexity index is 832. The summed E-state index contributed by atoms with van der Waals surface area (Å²) in [5.41, 5.74) is 3.10. The van der Waals surface area contributed by atoms with Gasteiger partial charge in [0.25, 0.3) is 0 Å². The molecule has 0 saturated carbocycles. The highest BCUT2D eigenvalue weighted by molar-refractivity contribution is 5.90. The topological polar surface area (TPSA) is 48.1 Å². The van der Waals surface area contributed by atoms with Crippen molar-refractivity contribution >= 4 is 16.9 Å². The van der Waals surface area contributed by atoms with Crippen LogP contribution < -0.4 is 4.90 Å². The monoisotopic (exact) mass is 321 g/mol. The number of aryl methyl sites for hydroxylation is 1. The number of hydrogen-bond acceptors (Lipinski definition) is 4. The lowest BCUT2D eigenvalue weighted by molar-refractivity contribution is 0.271. The van der Waals surface area contributed by atoms with E-state index in [0.29, 0.717) is 0 Å². The molecule has 0 unspecified atom stereocenters. The zero-order valence-electron chi connectivity index (χ0n) is 14.3. The van der Waals surface area contributed by atoms with Gasteiger partial charge >= 0.3 is 0 Å². The molecule has 5 heteroatoms. The highest BCUT2D eigenvalue weighted by atomic mass is 15.3. The molecule has 1 saturated heterocycles. The van der Waals surface area contributed by atoms with Crippen molar-refractivity contribution in [2.75, 3.05) is 37.6 Å². The largest absolute Gasteiger partial charge is 0.353 e. The molecule has 3 aromatic rings. The molecule has 5 nitrogen and oxygen atoms in total. The Kier molecular flexibility index (Phi) is 3.94. The fraction of sp³-hybridized carbons (Fsp3) is 0.368. The molecule has 124 valence electrons. The van der Waals surface area contributed by atoms with Crippen molar-refractivity contribution < 1.29 is 0 Å². The van der Waals surface area contributed by atoms with Gasteiger partial charge in [0, 0.05) is 37.4 Å². The molecular weight excluding hydrogens is 298 g/mol. The van der Waals surface area contributed by atoms with Crippen LogP contribution in [-0.2, 0) is 0 Å². The maximum atomic E-state index is 4.94. The van der Waals surface area contributed by atoms with E-state index in [1.807, 2.05) is 18.2 Å². The van der Waals surface area contributed by atoms with Crippen LogP contribution in [0.4, 0.5) is 5.82 Å². The van der Waals surface area contributed by atoms with Gasteiger partial charge in [-0.15, -0.1) is 0 Å². The molecule has 1 aliphatic rings. The second kappa shape index (κ2) is 6.24. The van der Waals surface area contributed by atoms with Crippen LogP contribution in [0.2, 0.25) is 0 Å². The van der Waals surface area contributed by atoms with Crippen molar-refractivity contribution in [2.24, 2.45) is 0 Å². The number of fused-ring (bicyclic) bond motifs is 1. The highest BCUT2D eigenvalue weighted by Gasteiger charge is 2.21. The summed E-state index contributed by atoms with van der Waals surface area (Å²) in [6.07, 6.45) is 0. The van der Waals surface area contributed by atoms with Crippen LogP contribution in [-0.4, -0.2) is 52.6 Å². The minimum Gasteiger partial charge on any atom is -0.353 e. The highest BCUT2D eigenvalue weighted by Crippen LogP contribution is 2.28. The van der Waals surface area contributed by atoms with E-state index in [9.17, 15) is 0 Å². The molecule has 0 radical (unpaired) electrons. The molecule has 2 aromatic heterocycles. The number of nitrogens with one attached hydrogen (secondary N) is 1. The van der Waals surface area contributed by atoms with Gasteiger partial charge in [0.05, 0.1) is 5.39 Å². The first kappa shape index (κ1) is 15.1. The average Bonchev–Trinajstić information content (AvgIpc) is 3.02. The van der Waals surface area contributed by atoms with Crippen molar-refractivity contribution in [1.29, 1.82) is 0 Å². The lowest BCUT2D eigenvalue weighted by Crippen LogP contribution is -2.46. The smallest absolute Gasteiger partial charge is 0.163 e. The van der Waals surface area contributed by atoms with Crippen LogP contribution in [0.5, 0.6) is 0 Å². The summed E-state index contributed by atoms with van der Waals surface area (Å²) in [5.74, 6) is 1.84. The molecule has 4 rings (SSSR count). The van der Waals surface area contributed by atoms with Gasteiger partial charge in [-0.25, -0.2) is 9.97 Å². The van der Waals surface area contributed by atoms with E-state index in [1.54, 1.807) is 0 Å². The van der Waals surface area contributed by atoms with E-state index >= 15 is 0 Å². The average molecular weight is 321 g/mol.